The molecule has 0 atom stereocenters. The number of rotatable bonds is 4. The maximum atomic E-state index is 12.1. The number of aromatic nitrogens is 3. The van der Waals surface area contributed by atoms with Crippen LogP contribution < -0.4 is 0 Å². The Balaban J connectivity index is 1.68. The molecule has 0 unspecified atom stereocenters. The first kappa shape index (κ1) is 12.5. The van der Waals surface area contributed by atoms with Crippen molar-refractivity contribution in [2.24, 2.45) is 0 Å². The predicted octanol–water partition coefficient (Wildman–Crippen LogP) is 3.19. The Labute approximate surface area is 116 Å². The molecule has 0 amide bonds. The van der Waals surface area contributed by atoms with Gasteiger partial charge in [-0.2, -0.15) is 5.10 Å². The third-order valence-electron chi connectivity index (χ3n) is 3.60. The van der Waals surface area contributed by atoms with Gasteiger partial charge in [-0.05, 0) is 25.8 Å². The van der Waals surface area contributed by atoms with Crippen molar-refractivity contribution in [1.82, 2.24) is 14.8 Å². The van der Waals surface area contributed by atoms with Crippen LogP contribution in [0.3, 0.4) is 0 Å². The average molecular weight is 275 g/mol. The van der Waals surface area contributed by atoms with Gasteiger partial charge in [-0.1, -0.05) is 12.8 Å². The molecule has 1 fully saturated rings. The molecule has 1 aliphatic rings. The Morgan fingerprint density at radius 3 is 2.95 bits per heavy atom. The number of Topliss-reactive ketones (excluding diaryl/α,β-unsaturated/α-hetero) is 1. The van der Waals surface area contributed by atoms with Crippen molar-refractivity contribution in [3.8, 4) is 0 Å². The van der Waals surface area contributed by atoms with Crippen LogP contribution in [0, 0.1) is 6.92 Å². The summed E-state index contributed by atoms with van der Waals surface area (Å²) < 4.78 is 2.04. The molecule has 2 aromatic heterocycles. The molecule has 1 aliphatic carbocycles. The molecule has 0 aromatic carbocycles. The number of ketones is 1. The van der Waals surface area contributed by atoms with Gasteiger partial charge in [-0.25, -0.2) is 4.98 Å². The summed E-state index contributed by atoms with van der Waals surface area (Å²) in [4.78, 5) is 16.9. The van der Waals surface area contributed by atoms with Gasteiger partial charge in [0.05, 0.1) is 28.0 Å². The number of hydrogen-bond donors (Lipinski definition) is 0. The molecule has 1 saturated carbocycles. The van der Waals surface area contributed by atoms with Gasteiger partial charge in [0.2, 0.25) is 0 Å². The Bertz CT molecular complexity index is 581. The summed E-state index contributed by atoms with van der Waals surface area (Å²) in [5.41, 5.74) is 0.864. The number of aryl methyl sites for hydroxylation is 1. The van der Waals surface area contributed by atoms with Crippen molar-refractivity contribution in [2.75, 3.05) is 0 Å². The fraction of sp³-hybridized carbons (Fsp3) is 0.500. The smallest absolute Gasteiger partial charge is 0.180 e. The van der Waals surface area contributed by atoms with E-state index >= 15 is 0 Å². The van der Waals surface area contributed by atoms with Gasteiger partial charge in [0.15, 0.2) is 5.78 Å². The van der Waals surface area contributed by atoms with Crippen LogP contribution in [-0.2, 0) is 6.42 Å². The molecule has 0 aliphatic heterocycles. The lowest BCUT2D eigenvalue weighted by atomic mass is 10.2. The van der Waals surface area contributed by atoms with Gasteiger partial charge in [0, 0.05) is 12.4 Å². The molecule has 4 nitrogen and oxygen atoms in total. The molecule has 0 bridgehead atoms. The van der Waals surface area contributed by atoms with Crippen LogP contribution in [0.15, 0.2) is 18.5 Å². The zero-order chi connectivity index (χ0) is 13.2. The molecule has 2 heterocycles. The van der Waals surface area contributed by atoms with Crippen molar-refractivity contribution in [2.45, 2.75) is 45.1 Å². The van der Waals surface area contributed by atoms with Crippen LogP contribution in [0.2, 0.25) is 0 Å². The van der Waals surface area contributed by atoms with E-state index in [0.717, 1.165) is 15.6 Å². The standard InChI is InChI=1S/C14H17N3OS/c1-10-15-9-14(19-10)13(18)8-11-6-7-17(16-11)12-4-2-3-5-12/h6-7,9,12H,2-5,8H2,1H3. The first-order valence-electron chi connectivity index (χ1n) is 6.72. The van der Waals surface area contributed by atoms with Crippen LogP contribution in [-0.4, -0.2) is 20.5 Å². The van der Waals surface area contributed by atoms with Crippen LogP contribution in [0.1, 0.15) is 52.1 Å². The van der Waals surface area contributed by atoms with E-state index in [0.29, 0.717) is 12.5 Å². The molecular formula is C14H17N3OS. The van der Waals surface area contributed by atoms with Crippen molar-refractivity contribution in [3.05, 3.63) is 34.0 Å². The molecule has 100 valence electrons. The Morgan fingerprint density at radius 1 is 1.47 bits per heavy atom. The zero-order valence-electron chi connectivity index (χ0n) is 11.0. The fourth-order valence-electron chi connectivity index (χ4n) is 2.59. The normalized spacial score (nSPS) is 16.1. The van der Waals surface area contributed by atoms with Crippen LogP contribution in [0.25, 0.3) is 0 Å². The van der Waals surface area contributed by atoms with Crippen LogP contribution >= 0.6 is 11.3 Å². The van der Waals surface area contributed by atoms with E-state index in [1.165, 1.54) is 37.0 Å². The summed E-state index contributed by atoms with van der Waals surface area (Å²) in [5.74, 6) is 0.113. The van der Waals surface area contributed by atoms with E-state index in [-0.39, 0.29) is 5.78 Å². The van der Waals surface area contributed by atoms with Gasteiger partial charge in [0.25, 0.3) is 0 Å². The summed E-state index contributed by atoms with van der Waals surface area (Å²) >= 11 is 1.45. The highest BCUT2D eigenvalue weighted by molar-refractivity contribution is 7.13. The van der Waals surface area contributed by atoms with Gasteiger partial charge in [-0.3, -0.25) is 9.48 Å². The summed E-state index contributed by atoms with van der Waals surface area (Å²) in [6.45, 7) is 1.91. The number of thiazole rings is 1. The maximum Gasteiger partial charge on any atom is 0.180 e. The van der Waals surface area contributed by atoms with Crippen LogP contribution in [0.4, 0.5) is 0 Å². The highest BCUT2D eigenvalue weighted by Crippen LogP contribution is 2.28. The molecule has 5 heteroatoms. The average Bonchev–Trinajstić information content (AvgIpc) is 3.07. The Morgan fingerprint density at radius 2 is 2.26 bits per heavy atom. The van der Waals surface area contributed by atoms with Crippen molar-refractivity contribution < 1.29 is 4.79 Å². The lowest BCUT2D eigenvalue weighted by molar-refractivity contribution is 0.0995. The molecule has 3 rings (SSSR count). The topological polar surface area (TPSA) is 47.8 Å². The third kappa shape index (κ3) is 2.76. The van der Waals surface area contributed by atoms with Gasteiger partial charge >= 0.3 is 0 Å². The Kier molecular flexibility index (Phi) is 3.46. The van der Waals surface area contributed by atoms with E-state index in [9.17, 15) is 4.79 Å². The maximum absolute atomic E-state index is 12.1. The highest BCUT2D eigenvalue weighted by Gasteiger charge is 2.18. The lowest BCUT2D eigenvalue weighted by Crippen LogP contribution is -2.07. The van der Waals surface area contributed by atoms with Gasteiger partial charge in [0.1, 0.15) is 0 Å². The summed E-state index contributed by atoms with van der Waals surface area (Å²) in [6, 6.07) is 2.50. The summed E-state index contributed by atoms with van der Waals surface area (Å²) in [7, 11) is 0. The van der Waals surface area contributed by atoms with E-state index in [2.05, 4.69) is 10.1 Å². The van der Waals surface area contributed by atoms with Crippen molar-refractivity contribution in [3.63, 3.8) is 0 Å². The first-order chi connectivity index (χ1) is 9.22. The number of carbonyl (C=O) groups is 1. The summed E-state index contributed by atoms with van der Waals surface area (Å²) in [5, 5.41) is 5.47. The SMILES string of the molecule is Cc1ncc(C(=O)Cc2ccn(C3CCCC3)n2)s1. The second-order valence-corrected chi connectivity index (χ2v) is 6.30. The quantitative estimate of drug-likeness (QED) is 0.805. The monoisotopic (exact) mass is 275 g/mol. The Hall–Kier alpha value is -1.49. The van der Waals surface area contributed by atoms with Gasteiger partial charge in [-0.15, -0.1) is 11.3 Å². The number of nitrogens with zero attached hydrogens (tertiary/aromatic N) is 3. The van der Waals surface area contributed by atoms with Crippen molar-refractivity contribution in [1.29, 1.82) is 0 Å². The van der Waals surface area contributed by atoms with Crippen molar-refractivity contribution >= 4 is 17.1 Å². The van der Waals surface area contributed by atoms with E-state index in [4.69, 9.17) is 0 Å². The minimum absolute atomic E-state index is 0.113. The second-order valence-electron chi connectivity index (χ2n) is 5.07. The van der Waals surface area contributed by atoms with Gasteiger partial charge < -0.3 is 0 Å². The second kappa shape index (κ2) is 5.25. The molecule has 0 saturated heterocycles. The largest absolute Gasteiger partial charge is 0.293 e. The van der Waals surface area contributed by atoms with Crippen LogP contribution in [0.5, 0.6) is 0 Å². The number of hydrogen-bond acceptors (Lipinski definition) is 4. The van der Waals surface area contributed by atoms with E-state index in [1.54, 1.807) is 6.20 Å². The minimum atomic E-state index is 0.113. The minimum Gasteiger partial charge on any atom is -0.293 e. The predicted molar refractivity (Wildman–Crippen MR) is 74.6 cm³/mol. The molecule has 2 aromatic rings. The first-order valence-corrected chi connectivity index (χ1v) is 7.53. The molecule has 0 radical (unpaired) electrons. The van der Waals surface area contributed by atoms with E-state index in [1.807, 2.05) is 23.9 Å². The van der Waals surface area contributed by atoms with E-state index < -0.39 is 0 Å². The molecule has 0 spiro atoms. The zero-order valence-corrected chi connectivity index (χ0v) is 11.8. The highest BCUT2D eigenvalue weighted by atomic mass is 32.1. The summed E-state index contributed by atoms with van der Waals surface area (Å²) in [6.07, 6.45) is 9.05. The number of carbonyl (C=O) groups excluding carboxylic acids is 1. The molecule has 19 heavy (non-hydrogen) atoms. The lowest BCUT2D eigenvalue weighted by Gasteiger charge is -2.08. The molecule has 0 N–H and O–H groups in total. The fourth-order valence-corrected chi connectivity index (χ4v) is 3.30. The molecular weight excluding hydrogens is 258 g/mol. The third-order valence-corrected chi connectivity index (χ3v) is 4.55.